The Hall–Kier alpha value is -1.90. The minimum absolute atomic E-state index is 0.315. The van der Waals surface area contributed by atoms with E-state index < -0.39 is 5.97 Å². The first-order valence-electron chi connectivity index (χ1n) is 4.73. The average Bonchev–Trinajstić information content (AvgIpc) is 2.65. The number of hydrogen-bond acceptors (Lipinski definition) is 2. The van der Waals surface area contributed by atoms with Crippen molar-refractivity contribution in [2.24, 2.45) is 4.99 Å². The lowest BCUT2D eigenvalue weighted by atomic mass is 10.0. The second-order valence-electron chi connectivity index (χ2n) is 3.58. The van der Waals surface area contributed by atoms with Crippen molar-refractivity contribution >= 4 is 17.3 Å². The van der Waals surface area contributed by atoms with E-state index in [9.17, 15) is 4.79 Å². The van der Waals surface area contributed by atoms with Gasteiger partial charge in [-0.1, -0.05) is 12.1 Å². The number of aromatic carboxylic acids is 1. The number of nitrogens with zero attached hydrogens (tertiary/aromatic N) is 1. The number of carboxylic acid groups (broad SMARTS) is 1. The van der Waals surface area contributed by atoms with E-state index in [-0.39, 0.29) is 0 Å². The molecule has 1 aliphatic heterocycles. The quantitative estimate of drug-likeness (QED) is 0.799. The second-order valence-corrected chi connectivity index (χ2v) is 3.58. The number of carboxylic acids is 1. The van der Waals surface area contributed by atoms with Gasteiger partial charge in [-0.3, -0.25) is 4.99 Å². The second kappa shape index (κ2) is 3.69. The normalized spacial score (nSPS) is 14.7. The molecular formula is C12H11NO2. The fourth-order valence-electron chi connectivity index (χ4n) is 1.56. The van der Waals surface area contributed by atoms with E-state index in [0.29, 0.717) is 5.56 Å². The highest BCUT2D eigenvalue weighted by Gasteiger charge is 2.09. The van der Waals surface area contributed by atoms with Crippen LogP contribution in [0.3, 0.4) is 0 Å². The Labute approximate surface area is 87.8 Å². The Morgan fingerprint density at radius 3 is 2.47 bits per heavy atom. The van der Waals surface area contributed by atoms with Crippen LogP contribution in [0.2, 0.25) is 0 Å². The summed E-state index contributed by atoms with van der Waals surface area (Å²) in [6.45, 7) is 1.98. The molecule has 0 bridgehead atoms. The average molecular weight is 201 g/mol. The van der Waals surface area contributed by atoms with Crippen molar-refractivity contribution < 1.29 is 9.90 Å². The van der Waals surface area contributed by atoms with Gasteiger partial charge in [0.25, 0.3) is 0 Å². The molecule has 0 aliphatic carbocycles. The molecule has 0 radical (unpaired) electrons. The van der Waals surface area contributed by atoms with Gasteiger partial charge in [0.05, 0.1) is 5.56 Å². The lowest BCUT2D eigenvalue weighted by molar-refractivity contribution is 0.0697. The van der Waals surface area contributed by atoms with Gasteiger partial charge >= 0.3 is 5.97 Å². The zero-order valence-electron chi connectivity index (χ0n) is 8.40. The Bertz CT molecular complexity index is 455. The molecule has 76 valence electrons. The third-order valence-corrected chi connectivity index (χ3v) is 2.39. The van der Waals surface area contributed by atoms with Crippen LogP contribution in [-0.2, 0) is 0 Å². The zero-order valence-corrected chi connectivity index (χ0v) is 8.40. The minimum atomic E-state index is -0.894. The molecule has 1 N–H and O–H groups in total. The van der Waals surface area contributed by atoms with Gasteiger partial charge in [-0.2, -0.15) is 0 Å². The minimum Gasteiger partial charge on any atom is -0.478 e. The summed E-state index contributed by atoms with van der Waals surface area (Å²) in [6, 6.07) is 6.88. The van der Waals surface area contributed by atoms with Gasteiger partial charge in [0.15, 0.2) is 0 Å². The molecule has 0 saturated heterocycles. The van der Waals surface area contributed by atoms with Crippen molar-refractivity contribution in [2.75, 3.05) is 0 Å². The van der Waals surface area contributed by atoms with Crippen LogP contribution in [0.15, 0.2) is 35.5 Å². The summed E-state index contributed by atoms with van der Waals surface area (Å²) in [6.07, 6.45) is 2.69. The van der Waals surface area contributed by atoms with Crippen LogP contribution in [0.1, 0.15) is 29.3 Å². The van der Waals surface area contributed by atoms with Crippen LogP contribution in [0, 0.1) is 0 Å². The number of hydrogen-bond donors (Lipinski definition) is 1. The van der Waals surface area contributed by atoms with Gasteiger partial charge < -0.3 is 5.11 Å². The van der Waals surface area contributed by atoms with E-state index in [1.54, 1.807) is 12.1 Å². The summed E-state index contributed by atoms with van der Waals surface area (Å²) in [5, 5.41) is 8.75. The SMILES string of the molecule is CC1=NC=C(c2ccc(C(=O)O)cc2)C1. The highest BCUT2D eigenvalue weighted by Crippen LogP contribution is 2.23. The predicted molar refractivity (Wildman–Crippen MR) is 59.1 cm³/mol. The Morgan fingerprint density at radius 1 is 1.33 bits per heavy atom. The third kappa shape index (κ3) is 1.96. The summed E-state index contributed by atoms with van der Waals surface area (Å²) in [5.41, 5.74) is 3.59. The molecule has 0 saturated carbocycles. The molecule has 0 amide bonds. The van der Waals surface area contributed by atoms with Crippen LogP contribution in [0.5, 0.6) is 0 Å². The summed E-state index contributed by atoms with van der Waals surface area (Å²) in [4.78, 5) is 14.8. The summed E-state index contributed by atoms with van der Waals surface area (Å²) < 4.78 is 0. The van der Waals surface area contributed by atoms with Crippen molar-refractivity contribution in [2.45, 2.75) is 13.3 Å². The largest absolute Gasteiger partial charge is 0.478 e. The van der Waals surface area contributed by atoms with Crippen LogP contribution in [0.4, 0.5) is 0 Å². The van der Waals surface area contributed by atoms with Crippen LogP contribution < -0.4 is 0 Å². The lowest BCUT2D eigenvalue weighted by Gasteiger charge is -2.02. The van der Waals surface area contributed by atoms with Crippen molar-refractivity contribution in [3.05, 3.63) is 41.6 Å². The molecule has 0 unspecified atom stereocenters. The van der Waals surface area contributed by atoms with Crippen molar-refractivity contribution in [1.29, 1.82) is 0 Å². The number of carbonyl (C=O) groups is 1. The van der Waals surface area contributed by atoms with E-state index in [1.807, 2.05) is 25.3 Å². The van der Waals surface area contributed by atoms with E-state index in [4.69, 9.17) is 5.11 Å². The topological polar surface area (TPSA) is 49.7 Å². The molecule has 0 atom stereocenters. The van der Waals surface area contributed by atoms with E-state index in [0.717, 1.165) is 23.3 Å². The molecule has 0 aromatic heterocycles. The number of benzene rings is 1. The zero-order chi connectivity index (χ0) is 10.8. The molecule has 2 rings (SSSR count). The highest BCUT2D eigenvalue weighted by molar-refractivity contribution is 5.97. The van der Waals surface area contributed by atoms with E-state index in [1.165, 1.54) is 0 Å². The standard InChI is InChI=1S/C12H11NO2/c1-8-6-11(7-13-8)9-2-4-10(5-3-9)12(14)15/h2-5,7H,6H2,1H3,(H,14,15). The van der Waals surface area contributed by atoms with Gasteiger partial charge in [0.1, 0.15) is 0 Å². The maximum Gasteiger partial charge on any atom is 0.335 e. The molecule has 1 aliphatic rings. The Balaban J connectivity index is 2.22. The molecule has 15 heavy (non-hydrogen) atoms. The molecule has 3 nitrogen and oxygen atoms in total. The van der Waals surface area contributed by atoms with Crippen LogP contribution >= 0.6 is 0 Å². The molecule has 1 aromatic carbocycles. The number of rotatable bonds is 2. The highest BCUT2D eigenvalue weighted by atomic mass is 16.4. The van der Waals surface area contributed by atoms with Crippen molar-refractivity contribution in [3.8, 4) is 0 Å². The molecule has 0 fully saturated rings. The first-order chi connectivity index (χ1) is 7.16. The molecule has 1 heterocycles. The van der Waals surface area contributed by atoms with Crippen molar-refractivity contribution in [3.63, 3.8) is 0 Å². The van der Waals surface area contributed by atoms with Gasteiger partial charge in [-0.05, 0) is 30.2 Å². The molecule has 0 spiro atoms. The third-order valence-electron chi connectivity index (χ3n) is 2.39. The first-order valence-corrected chi connectivity index (χ1v) is 4.73. The Kier molecular flexibility index (Phi) is 2.37. The van der Waals surface area contributed by atoms with Gasteiger partial charge in [-0.25, -0.2) is 4.79 Å². The van der Waals surface area contributed by atoms with E-state index in [2.05, 4.69) is 4.99 Å². The summed E-state index contributed by atoms with van der Waals surface area (Å²) >= 11 is 0. The molecule has 1 aromatic rings. The number of allylic oxidation sites excluding steroid dienone is 1. The monoisotopic (exact) mass is 201 g/mol. The van der Waals surface area contributed by atoms with E-state index >= 15 is 0 Å². The lowest BCUT2D eigenvalue weighted by Crippen LogP contribution is -1.96. The molecular weight excluding hydrogens is 190 g/mol. The number of aliphatic imine (C=N–C) groups is 1. The van der Waals surface area contributed by atoms with Gasteiger partial charge in [0.2, 0.25) is 0 Å². The predicted octanol–water partition coefficient (Wildman–Crippen LogP) is 2.59. The smallest absolute Gasteiger partial charge is 0.335 e. The maximum atomic E-state index is 10.6. The van der Waals surface area contributed by atoms with Gasteiger partial charge in [0, 0.05) is 18.3 Å². The van der Waals surface area contributed by atoms with Gasteiger partial charge in [-0.15, -0.1) is 0 Å². The fraction of sp³-hybridized carbons (Fsp3) is 0.167. The summed E-state index contributed by atoms with van der Waals surface area (Å²) in [5.74, 6) is -0.894. The maximum absolute atomic E-state index is 10.6. The van der Waals surface area contributed by atoms with Crippen LogP contribution in [-0.4, -0.2) is 16.8 Å². The van der Waals surface area contributed by atoms with Crippen molar-refractivity contribution in [1.82, 2.24) is 0 Å². The Morgan fingerprint density at radius 2 is 2.00 bits per heavy atom. The fourth-order valence-corrected chi connectivity index (χ4v) is 1.56. The van der Waals surface area contributed by atoms with Crippen LogP contribution in [0.25, 0.3) is 5.57 Å². The summed E-state index contributed by atoms with van der Waals surface area (Å²) in [7, 11) is 0. The molecule has 3 heteroatoms. The first kappa shape index (κ1) is 9.65.